The number of aromatic nitrogens is 1. The topological polar surface area (TPSA) is 24.9 Å². The van der Waals surface area contributed by atoms with Crippen molar-refractivity contribution in [2.45, 2.75) is 31.3 Å². The second kappa shape index (κ2) is 3.92. The summed E-state index contributed by atoms with van der Waals surface area (Å²) in [7, 11) is 0. The minimum atomic E-state index is 0.581. The quantitative estimate of drug-likeness (QED) is 0.822. The van der Waals surface area contributed by atoms with Crippen LogP contribution in [0.15, 0.2) is 42.7 Å². The van der Waals surface area contributed by atoms with E-state index in [4.69, 9.17) is 0 Å². The van der Waals surface area contributed by atoms with Gasteiger partial charge in [-0.1, -0.05) is 30.3 Å². The summed E-state index contributed by atoms with van der Waals surface area (Å²) in [5.41, 5.74) is 2.80. The molecule has 4 rings (SSSR count). The molecule has 0 spiro atoms. The predicted octanol–water partition coefficient (Wildman–Crippen LogP) is 3.14. The van der Waals surface area contributed by atoms with Gasteiger partial charge in [-0.25, -0.2) is 0 Å². The molecule has 3 heterocycles. The first-order valence-electron chi connectivity index (χ1n) is 6.70. The summed E-state index contributed by atoms with van der Waals surface area (Å²) in [4.78, 5) is 4.40. The maximum absolute atomic E-state index is 4.40. The van der Waals surface area contributed by atoms with Crippen LogP contribution in [0.3, 0.4) is 0 Å². The van der Waals surface area contributed by atoms with Crippen LogP contribution in [0.4, 0.5) is 0 Å². The van der Waals surface area contributed by atoms with E-state index in [-0.39, 0.29) is 0 Å². The zero-order valence-corrected chi connectivity index (χ0v) is 10.3. The third-order valence-electron chi connectivity index (χ3n) is 4.16. The Morgan fingerprint density at radius 1 is 1.11 bits per heavy atom. The monoisotopic (exact) mass is 236 g/mol. The van der Waals surface area contributed by atoms with Gasteiger partial charge in [-0.05, 0) is 30.2 Å². The highest BCUT2D eigenvalue weighted by molar-refractivity contribution is 5.93. The fourth-order valence-corrected chi connectivity index (χ4v) is 3.29. The van der Waals surface area contributed by atoms with Gasteiger partial charge in [-0.3, -0.25) is 4.98 Å². The van der Waals surface area contributed by atoms with Gasteiger partial charge in [-0.15, -0.1) is 0 Å². The summed E-state index contributed by atoms with van der Waals surface area (Å²) in [5, 5.41) is 6.21. The van der Waals surface area contributed by atoms with Crippen LogP contribution in [0.1, 0.15) is 24.8 Å². The molecule has 2 unspecified atom stereocenters. The fraction of sp³-hybridized carbons (Fsp3) is 0.312. The van der Waals surface area contributed by atoms with Crippen LogP contribution in [0, 0.1) is 0 Å². The molecule has 1 aromatic heterocycles. The third-order valence-corrected chi connectivity index (χ3v) is 4.16. The largest absolute Gasteiger partial charge is 0.307 e. The van der Waals surface area contributed by atoms with Crippen molar-refractivity contribution < 1.29 is 0 Å². The SMILES string of the molecule is C1=C(c2cncc3ccccc23)CC2CCC1N2. The molecule has 0 aliphatic carbocycles. The third kappa shape index (κ3) is 1.57. The Labute approximate surface area is 107 Å². The minimum absolute atomic E-state index is 0.581. The molecule has 2 bridgehead atoms. The number of rotatable bonds is 1. The molecular formula is C16H16N2. The minimum Gasteiger partial charge on any atom is -0.307 e. The van der Waals surface area contributed by atoms with E-state index in [0.29, 0.717) is 12.1 Å². The van der Waals surface area contributed by atoms with Crippen LogP contribution < -0.4 is 5.32 Å². The van der Waals surface area contributed by atoms with E-state index < -0.39 is 0 Å². The Kier molecular flexibility index (Phi) is 2.24. The Bertz CT molecular complexity index is 625. The molecule has 1 N–H and O–H groups in total. The first-order valence-corrected chi connectivity index (χ1v) is 6.70. The summed E-state index contributed by atoms with van der Waals surface area (Å²) in [6.07, 6.45) is 10.1. The molecule has 2 aliphatic rings. The lowest BCUT2D eigenvalue weighted by Gasteiger charge is -2.22. The Morgan fingerprint density at radius 2 is 2.06 bits per heavy atom. The van der Waals surface area contributed by atoms with Crippen molar-refractivity contribution >= 4 is 16.3 Å². The van der Waals surface area contributed by atoms with Crippen LogP contribution >= 0.6 is 0 Å². The smallest absolute Gasteiger partial charge is 0.0349 e. The molecule has 0 amide bonds. The van der Waals surface area contributed by atoms with Crippen LogP contribution in [0.5, 0.6) is 0 Å². The molecule has 2 heteroatoms. The molecule has 0 saturated carbocycles. The van der Waals surface area contributed by atoms with Crippen LogP contribution in [0.25, 0.3) is 16.3 Å². The van der Waals surface area contributed by atoms with Crippen molar-refractivity contribution in [1.82, 2.24) is 10.3 Å². The lowest BCUT2D eigenvalue weighted by atomic mass is 9.94. The zero-order valence-electron chi connectivity index (χ0n) is 10.3. The van der Waals surface area contributed by atoms with Crippen molar-refractivity contribution in [2.24, 2.45) is 0 Å². The Morgan fingerprint density at radius 3 is 3.00 bits per heavy atom. The van der Waals surface area contributed by atoms with Gasteiger partial charge in [0.25, 0.3) is 0 Å². The van der Waals surface area contributed by atoms with Crippen molar-refractivity contribution in [1.29, 1.82) is 0 Å². The average molecular weight is 236 g/mol. The highest BCUT2D eigenvalue weighted by atomic mass is 15.0. The van der Waals surface area contributed by atoms with Gasteiger partial charge < -0.3 is 5.32 Å². The average Bonchev–Trinajstić information content (AvgIpc) is 2.77. The molecule has 1 saturated heterocycles. The number of hydrogen-bond donors (Lipinski definition) is 1. The van der Waals surface area contributed by atoms with Gasteiger partial charge in [0.15, 0.2) is 0 Å². The van der Waals surface area contributed by atoms with Gasteiger partial charge in [0, 0.05) is 35.4 Å². The number of hydrogen-bond acceptors (Lipinski definition) is 2. The number of fused-ring (bicyclic) bond motifs is 3. The van der Waals surface area contributed by atoms with Crippen LogP contribution in [-0.4, -0.2) is 17.1 Å². The molecule has 2 aromatic rings. The molecule has 1 aromatic carbocycles. The molecule has 90 valence electrons. The highest BCUT2D eigenvalue weighted by Crippen LogP contribution is 2.34. The zero-order chi connectivity index (χ0) is 11.9. The molecule has 2 atom stereocenters. The molecule has 2 nitrogen and oxygen atoms in total. The van der Waals surface area contributed by atoms with E-state index in [1.165, 1.54) is 34.8 Å². The first kappa shape index (κ1) is 10.3. The predicted molar refractivity (Wildman–Crippen MR) is 74.3 cm³/mol. The van der Waals surface area contributed by atoms with E-state index in [1.807, 2.05) is 12.4 Å². The van der Waals surface area contributed by atoms with Crippen molar-refractivity contribution in [2.75, 3.05) is 0 Å². The van der Waals surface area contributed by atoms with Gasteiger partial charge in [0.05, 0.1) is 0 Å². The molecule has 2 aliphatic heterocycles. The first-order chi connectivity index (χ1) is 8.90. The van der Waals surface area contributed by atoms with Crippen LogP contribution in [0.2, 0.25) is 0 Å². The van der Waals surface area contributed by atoms with Crippen molar-refractivity contribution in [3.8, 4) is 0 Å². The Balaban J connectivity index is 1.88. The summed E-state index contributed by atoms with van der Waals surface area (Å²) in [6, 6.07) is 9.79. The maximum atomic E-state index is 4.40. The molecular weight excluding hydrogens is 220 g/mol. The summed E-state index contributed by atoms with van der Waals surface area (Å²) >= 11 is 0. The maximum Gasteiger partial charge on any atom is 0.0349 e. The number of benzene rings is 1. The van der Waals surface area contributed by atoms with E-state index in [1.54, 1.807) is 0 Å². The summed E-state index contributed by atoms with van der Waals surface area (Å²) in [6.45, 7) is 0. The standard InChI is InChI=1S/C16H16N2/c1-2-4-15-11(3-1)9-17-10-16(15)12-7-13-5-6-14(8-12)18-13/h1-4,7,9-10,13-14,18H,5-6,8H2. The van der Waals surface area contributed by atoms with Gasteiger partial charge in [0.2, 0.25) is 0 Å². The molecule has 18 heavy (non-hydrogen) atoms. The summed E-state index contributed by atoms with van der Waals surface area (Å²) in [5.74, 6) is 0. The Hall–Kier alpha value is -1.67. The van der Waals surface area contributed by atoms with E-state index in [9.17, 15) is 0 Å². The van der Waals surface area contributed by atoms with Gasteiger partial charge >= 0.3 is 0 Å². The van der Waals surface area contributed by atoms with E-state index in [2.05, 4.69) is 40.6 Å². The van der Waals surface area contributed by atoms with Gasteiger partial charge in [-0.2, -0.15) is 0 Å². The number of nitrogens with one attached hydrogen (secondary N) is 1. The lowest BCUT2D eigenvalue weighted by molar-refractivity contribution is 0.575. The fourth-order valence-electron chi connectivity index (χ4n) is 3.29. The number of nitrogens with zero attached hydrogens (tertiary/aromatic N) is 1. The van der Waals surface area contributed by atoms with Crippen molar-refractivity contribution in [3.63, 3.8) is 0 Å². The molecule has 0 radical (unpaired) electrons. The van der Waals surface area contributed by atoms with Crippen molar-refractivity contribution in [3.05, 3.63) is 48.3 Å². The second-order valence-corrected chi connectivity index (χ2v) is 5.35. The normalized spacial score (nSPS) is 26.3. The number of pyridine rings is 1. The lowest BCUT2D eigenvalue weighted by Crippen LogP contribution is -2.31. The van der Waals surface area contributed by atoms with E-state index >= 15 is 0 Å². The van der Waals surface area contributed by atoms with Gasteiger partial charge in [0.1, 0.15) is 0 Å². The summed E-state index contributed by atoms with van der Waals surface area (Å²) < 4.78 is 0. The second-order valence-electron chi connectivity index (χ2n) is 5.35. The highest BCUT2D eigenvalue weighted by Gasteiger charge is 2.28. The van der Waals surface area contributed by atoms with Crippen LogP contribution in [-0.2, 0) is 0 Å². The van der Waals surface area contributed by atoms with E-state index in [0.717, 1.165) is 6.42 Å². The molecule has 1 fully saturated rings.